The number of nitrogens with one attached hydrogen (secondary N) is 1. The normalized spacial score (nSPS) is 12.3. The summed E-state index contributed by atoms with van der Waals surface area (Å²) in [5.74, 6) is -0.154. The number of benzene rings is 2. The maximum Gasteiger partial charge on any atom is 0.241 e. The molecule has 3 nitrogen and oxygen atoms in total. The second-order valence-corrected chi connectivity index (χ2v) is 6.53. The van der Waals surface area contributed by atoms with Crippen molar-refractivity contribution in [2.45, 2.75) is 19.5 Å². The van der Waals surface area contributed by atoms with Crippen LogP contribution >= 0.6 is 34.8 Å². The van der Waals surface area contributed by atoms with E-state index >= 15 is 0 Å². The van der Waals surface area contributed by atoms with Crippen LogP contribution in [0.1, 0.15) is 12.5 Å². The fraction of sp³-hybridized carbons (Fsp3) is 0.235. The molecule has 0 heterocycles. The first-order valence-electron chi connectivity index (χ1n) is 7.08. The van der Waals surface area contributed by atoms with E-state index < -0.39 is 0 Å². The first-order valence-corrected chi connectivity index (χ1v) is 8.21. The number of likely N-dealkylation sites (N-methyl/N-ethyl adjacent to an activating group) is 1. The third-order valence-corrected chi connectivity index (χ3v) is 4.63. The van der Waals surface area contributed by atoms with Crippen molar-refractivity contribution in [2.75, 3.05) is 12.4 Å². The van der Waals surface area contributed by atoms with Gasteiger partial charge in [-0.15, -0.1) is 0 Å². The molecule has 122 valence electrons. The number of anilines is 1. The predicted molar refractivity (Wildman–Crippen MR) is 97.5 cm³/mol. The molecule has 0 saturated carbocycles. The van der Waals surface area contributed by atoms with E-state index in [0.717, 1.165) is 5.56 Å². The summed E-state index contributed by atoms with van der Waals surface area (Å²) < 4.78 is 0. The first kappa shape index (κ1) is 18.1. The van der Waals surface area contributed by atoms with E-state index in [2.05, 4.69) is 5.32 Å². The minimum atomic E-state index is -0.343. The van der Waals surface area contributed by atoms with Gasteiger partial charge in [-0.3, -0.25) is 9.69 Å². The Balaban J connectivity index is 2.02. The molecule has 1 atom stereocenters. The molecule has 1 N–H and O–H groups in total. The lowest BCUT2D eigenvalue weighted by Gasteiger charge is -2.24. The molecule has 0 spiro atoms. The van der Waals surface area contributed by atoms with Crippen LogP contribution in [0.2, 0.25) is 15.1 Å². The summed E-state index contributed by atoms with van der Waals surface area (Å²) in [6.45, 7) is 2.44. The van der Waals surface area contributed by atoms with Crippen LogP contribution in [0.3, 0.4) is 0 Å². The Kier molecular flexibility index (Phi) is 6.31. The lowest BCUT2D eigenvalue weighted by atomic mass is 10.2. The minimum absolute atomic E-state index is 0.154. The van der Waals surface area contributed by atoms with Gasteiger partial charge >= 0.3 is 0 Å². The molecule has 0 bridgehead atoms. The van der Waals surface area contributed by atoms with E-state index in [1.807, 2.05) is 43.1 Å². The van der Waals surface area contributed by atoms with Crippen molar-refractivity contribution in [1.82, 2.24) is 4.90 Å². The van der Waals surface area contributed by atoms with E-state index in [1.165, 1.54) is 0 Å². The van der Waals surface area contributed by atoms with E-state index in [1.54, 1.807) is 18.2 Å². The van der Waals surface area contributed by atoms with Crippen LogP contribution in [0.5, 0.6) is 0 Å². The van der Waals surface area contributed by atoms with Crippen LogP contribution in [-0.2, 0) is 11.3 Å². The van der Waals surface area contributed by atoms with Gasteiger partial charge in [0.15, 0.2) is 0 Å². The van der Waals surface area contributed by atoms with Gasteiger partial charge in [0.2, 0.25) is 5.91 Å². The van der Waals surface area contributed by atoms with Gasteiger partial charge in [-0.05, 0) is 43.8 Å². The summed E-state index contributed by atoms with van der Waals surface area (Å²) in [6, 6.07) is 12.4. The monoisotopic (exact) mass is 370 g/mol. The Labute approximate surface area is 151 Å². The Bertz CT molecular complexity index is 706. The van der Waals surface area contributed by atoms with Gasteiger partial charge in [-0.25, -0.2) is 0 Å². The van der Waals surface area contributed by atoms with Crippen molar-refractivity contribution in [3.8, 4) is 0 Å². The highest BCUT2D eigenvalue weighted by molar-refractivity contribution is 6.44. The fourth-order valence-electron chi connectivity index (χ4n) is 2.10. The topological polar surface area (TPSA) is 32.3 Å². The number of rotatable bonds is 5. The van der Waals surface area contributed by atoms with Crippen molar-refractivity contribution >= 4 is 46.4 Å². The lowest BCUT2D eigenvalue weighted by Crippen LogP contribution is -2.39. The second kappa shape index (κ2) is 8.02. The average Bonchev–Trinajstić information content (AvgIpc) is 2.51. The minimum Gasteiger partial charge on any atom is -0.323 e. The van der Waals surface area contributed by atoms with Gasteiger partial charge < -0.3 is 5.32 Å². The molecular formula is C17H17Cl3N2O. The van der Waals surface area contributed by atoms with E-state index in [-0.39, 0.29) is 11.9 Å². The molecule has 1 unspecified atom stereocenters. The van der Waals surface area contributed by atoms with Crippen molar-refractivity contribution in [1.29, 1.82) is 0 Å². The third kappa shape index (κ3) is 4.85. The van der Waals surface area contributed by atoms with Crippen molar-refractivity contribution in [2.24, 2.45) is 0 Å². The van der Waals surface area contributed by atoms with Crippen LogP contribution in [0, 0.1) is 0 Å². The molecule has 0 aromatic heterocycles. The summed E-state index contributed by atoms with van der Waals surface area (Å²) in [5.41, 5.74) is 1.55. The van der Waals surface area contributed by atoms with Crippen LogP contribution in [0.25, 0.3) is 0 Å². The van der Waals surface area contributed by atoms with Crippen molar-refractivity contribution in [3.63, 3.8) is 0 Å². The van der Waals surface area contributed by atoms with Crippen LogP contribution < -0.4 is 5.32 Å². The average molecular weight is 372 g/mol. The molecule has 0 radical (unpaired) electrons. The smallest absolute Gasteiger partial charge is 0.241 e. The maximum absolute atomic E-state index is 12.4. The molecule has 6 heteroatoms. The van der Waals surface area contributed by atoms with Gasteiger partial charge in [0.25, 0.3) is 0 Å². The molecule has 0 saturated heterocycles. The van der Waals surface area contributed by atoms with Gasteiger partial charge in [-0.1, -0.05) is 53.0 Å². The molecule has 0 aliphatic heterocycles. The Hall–Kier alpha value is -1.26. The number of hydrogen-bond acceptors (Lipinski definition) is 2. The maximum atomic E-state index is 12.4. The first-order chi connectivity index (χ1) is 10.9. The quantitative estimate of drug-likeness (QED) is 0.792. The molecule has 23 heavy (non-hydrogen) atoms. The lowest BCUT2D eigenvalue weighted by molar-refractivity contribution is -0.120. The summed E-state index contributed by atoms with van der Waals surface area (Å²) in [5, 5.41) is 4.23. The van der Waals surface area contributed by atoms with Crippen LogP contribution in [0.15, 0.2) is 42.5 Å². The fourth-order valence-corrected chi connectivity index (χ4v) is 2.66. The highest BCUT2D eigenvalue weighted by Crippen LogP contribution is 2.29. The largest absolute Gasteiger partial charge is 0.323 e. The number of amides is 1. The zero-order chi connectivity index (χ0) is 17.0. The van der Waals surface area contributed by atoms with Gasteiger partial charge in [0, 0.05) is 11.6 Å². The number of nitrogens with zero attached hydrogens (tertiary/aromatic N) is 1. The summed E-state index contributed by atoms with van der Waals surface area (Å²) in [7, 11) is 1.88. The highest BCUT2D eigenvalue weighted by atomic mass is 35.5. The van der Waals surface area contributed by atoms with Gasteiger partial charge in [0.1, 0.15) is 0 Å². The molecule has 2 rings (SSSR count). The molecule has 1 amide bonds. The standard InChI is InChI=1S/C17H17Cl3N2O/c1-11(22(2)10-12-5-3-6-13(18)9-12)17(23)21-15-8-4-7-14(19)16(15)20/h3-9,11H,10H2,1-2H3,(H,21,23). The summed E-state index contributed by atoms with van der Waals surface area (Å²) in [6.07, 6.45) is 0. The van der Waals surface area contributed by atoms with Crippen molar-refractivity contribution < 1.29 is 4.79 Å². The van der Waals surface area contributed by atoms with E-state index in [4.69, 9.17) is 34.8 Å². The van der Waals surface area contributed by atoms with E-state index in [0.29, 0.717) is 27.3 Å². The number of hydrogen-bond donors (Lipinski definition) is 1. The number of halogens is 3. The molecule has 0 fully saturated rings. The molecule has 2 aromatic carbocycles. The van der Waals surface area contributed by atoms with E-state index in [9.17, 15) is 4.79 Å². The summed E-state index contributed by atoms with van der Waals surface area (Å²) >= 11 is 18.0. The molecule has 0 aliphatic carbocycles. The number of carbonyl (C=O) groups excluding carboxylic acids is 1. The highest BCUT2D eigenvalue weighted by Gasteiger charge is 2.19. The summed E-state index contributed by atoms with van der Waals surface area (Å²) in [4.78, 5) is 14.3. The van der Waals surface area contributed by atoms with Crippen LogP contribution in [0.4, 0.5) is 5.69 Å². The SMILES string of the molecule is CC(C(=O)Nc1cccc(Cl)c1Cl)N(C)Cc1cccc(Cl)c1. The molecule has 0 aliphatic rings. The second-order valence-electron chi connectivity index (χ2n) is 5.31. The van der Waals surface area contributed by atoms with Gasteiger partial charge in [-0.2, -0.15) is 0 Å². The van der Waals surface area contributed by atoms with Crippen LogP contribution in [-0.4, -0.2) is 23.9 Å². The van der Waals surface area contributed by atoms with Crippen molar-refractivity contribution in [3.05, 3.63) is 63.1 Å². The Morgan fingerprint density at radius 2 is 1.87 bits per heavy atom. The Morgan fingerprint density at radius 3 is 2.57 bits per heavy atom. The third-order valence-electron chi connectivity index (χ3n) is 3.57. The Morgan fingerprint density at radius 1 is 1.17 bits per heavy atom. The van der Waals surface area contributed by atoms with Gasteiger partial charge in [0.05, 0.1) is 21.8 Å². The zero-order valence-electron chi connectivity index (χ0n) is 12.8. The zero-order valence-corrected chi connectivity index (χ0v) is 15.1. The number of carbonyl (C=O) groups is 1. The predicted octanol–water partition coefficient (Wildman–Crippen LogP) is 5.11. The molecule has 2 aromatic rings. The molecular weight excluding hydrogens is 355 g/mol.